The van der Waals surface area contributed by atoms with E-state index in [1.165, 1.54) is 37.5 Å². The molecule has 3 fully saturated rings. The minimum atomic E-state index is -0.904. The third-order valence-electron chi connectivity index (χ3n) is 8.59. The lowest BCUT2D eigenvalue weighted by atomic mass is 9.83. The topological polar surface area (TPSA) is 123 Å². The summed E-state index contributed by atoms with van der Waals surface area (Å²) in [5, 5.41) is 4.92. The molecule has 1 saturated carbocycles. The predicted molar refractivity (Wildman–Crippen MR) is 157 cm³/mol. The highest BCUT2D eigenvalue weighted by atomic mass is 19.1. The number of amides is 3. The van der Waals surface area contributed by atoms with Gasteiger partial charge < -0.3 is 30.9 Å². The second kappa shape index (κ2) is 12.8. The van der Waals surface area contributed by atoms with Gasteiger partial charge in [-0.2, -0.15) is 0 Å². The van der Waals surface area contributed by atoms with E-state index < -0.39 is 11.4 Å². The van der Waals surface area contributed by atoms with Crippen molar-refractivity contribution in [2.75, 3.05) is 44.6 Å². The van der Waals surface area contributed by atoms with Gasteiger partial charge in [-0.1, -0.05) is 19.3 Å². The number of nitrogens with two attached hydrogens (primary N) is 1. The van der Waals surface area contributed by atoms with Crippen molar-refractivity contribution in [1.29, 1.82) is 0 Å². The number of carbonyl (C=O) groups excluding carboxylic acids is 3. The number of rotatable bonds is 7. The number of quaternary nitrogens is 2. The fourth-order valence-corrected chi connectivity index (χ4v) is 6.10. The Kier molecular flexibility index (Phi) is 9.13. The minimum absolute atomic E-state index is 0.0496. The van der Waals surface area contributed by atoms with E-state index in [0.717, 1.165) is 43.7 Å². The van der Waals surface area contributed by atoms with E-state index in [0.29, 0.717) is 37.7 Å². The van der Waals surface area contributed by atoms with Gasteiger partial charge in [0.2, 0.25) is 0 Å². The highest BCUT2D eigenvalue weighted by Gasteiger charge is 2.30. The van der Waals surface area contributed by atoms with E-state index in [9.17, 15) is 18.8 Å². The quantitative estimate of drug-likeness (QED) is 0.464. The summed E-state index contributed by atoms with van der Waals surface area (Å²) in [6.07, 6.45) is 7.12. The van der Waals surface area contributed by atoms with Gasteiger partial charge in [0.25, 0.3) is 17.7 Å². The molecule has 0 spiro atoms. The SMILES string of the molecule is CC(C)([NH3+])C(=O)Nc1cc(F)cc(C(=O)N2CCN(C(=O)c3ccc(O[C@H]4CC[NH2+]C4)c(C4CCCCC4)c3)CC2)c1. The first-order chi connectivity index (χ1) is 20.1. The van der Waals surface area contributed by atoms with Crippen LogP contribution in [-0.2, 0) is 4.79 Å². The molecular formula is C32H44FN5O4+2. The summed E-state index contributed by atoms with van der Waals surface area (Å²) in [6.45, 7) is 6.80. The molecule has 0 radical (unpaired) electrons. The molecule has 226 valence electrons. The predicted octanol–water partition coefficient (Wildman–Crippen LogP) is 2.15. The Morgan fingerprint density at radius 2 is 1.60 bits per heavy atom. The Bertz CT molecular complexity index is 1310. The second-order valence-electron chi connectivity index (χ2n) is 12.6. The van der Waals surface area contributed by atoms with Crippen LogP contribution < -0.4 is 21.1 Å². The molecule has 1 atom stereocenters. The maximum absolute atomic E-state index is 14.4. The zero-order chi connectivity index (χ0) is 29.9. The number of nitrogens with zero attached hydrogens (tertiary/aromatic N) is 2. The van der Waals surface area contributed by atoms with Gasteiger partial charge in [-0.15, -0.1) is 0 Å². The van der Waals surface area contributed by atoms with Crippen LogP contribution in [0.5, 0.6) is 5.75 Å². The smallest absolute Gasteiger partial charge is 0.285 e. The number of nitrogens with one attached hydrogen (secondary N) is 1. The molecule has 42 heavy (non-hydrogen) atoms. The lowest BCUT2D eigenvalue weighted by molar-refractivity contribution is -0.638. The first kappa shape index (κ1) is 30.0. The standard InChI is InChI=1S/C32H42FN5O4/c1-32(2,34)31(41)36-25-17-23(16-24(33)19-25)30(40)38-14-12-37(13-15-38)29(39)22-8-9-28(42-26-10-11-35-20-26)27(18-22)21-6-4-3-5-7-21/h8-9,16-19,21,26,35H,3-7,10-15,20,34H2,1-2H3,(H,36,41)/p+2/t26-/m0/s1. The molecule has 2 aromatic rings. The van der Waals surface area contributed by atoms with Gasteiger partial charge in [-0.25, -0.2) is 4.39 Å². The van der Waals surface area contributed by atoms with Crippen molar-refractivity contribution in [2.45, 2.75) is 69.9 Å². The fourth-order valence-electron chi connectivity index (χ4n) is 6.10. The molecule has 10 heteroatoms. The van der Waals surface area contributed by atoms with Gasteiger partial charge in [-0.05, 0) is 74.6 Å². The van der Waals surface area contributed by atoms with Crippen molar-refractivity contribution in [3.63, 3.8) is 0 Å². The number of halogens is 1. The van der Waals surface area contributed by atoms with Crippen LogP contribution in [0.15, 0.2) is 36.4 Å². The molecule has 2 aliphatic heterocycles. The molecule has 2 saturated heterocycles. The number of piperazine rings is 1. The molecule has 3 aliphatic rings. The van der Waals surface area contributed by atoms with Crippen molar-refractivity contribution >= 4 is 23.4 Å². The summed E-state index contributed by atoms with van der Waals surface area (Å²) in [5.41, 5.74) is 5.06. The fraction of sp³-hybridized carbons (Fsp3) is 0.531. The van der Waals surface area contributed by atoms with Crippen LogP contribution in [-0.4, -0.2) is 78.4 Å². The van der Waals surface area contributed by atoms with Crippen LogP contribution in [0.4, 0.5) is 10.1 Å². The molecule has 0 unspecified atom stereocenters. The number of hydrogen-bond donors (Lipinski definition) is 3. The maximum atomic E-state index is 14.4. The Hall–Kier alpha value is -3.50. The van der Waals surface area contributed by atoms with E-state index in [1.54, 1.807) is 23.6 Å². The average Bonchev–Trinajstić information content (AvgIpc) is 3.49. The third kappa shape index (κ3) is 7.10. The van der Waals surface area contributed by atoms with Gasteiger partial charge >= 0.3 is 0 Å². The number of ether oxygens (including phenoxy) is 1. The minimum Gasteiger partial charge on any atom is -0.484 e. The molecule has 0 bridgehead atoms. The van der Waals surface area contributed by atoms with Crippen molar-refractivity contribution in [3.05, 3.63) is 58.9 Å². The Morgan fingerprint density at radius 3 is 2.21 bits per heavy atom. The zero-order valence-electron chi connectivity index (χ0n) is 24.8. The highest BCUT2D eigenvalue weighted by molar-refractivity contribution is 5.99. The average molecular weight is 582 g/mol. The Morgan fingerprint density at radius 1 is 0.929 bits per heavy atom. The summed E-state index contributed by atoms with van der Waals surface area (Å²) in [5.74, 6) is -0.0517. The van der Waals surface area contributed by atoms with Gasteiger partial charge in [0.15, 0.2) is 11.6 Å². The molecule has 2 heterocycles. The van der Waals surface area contributed by atoms with Crippen molar-refractivity contribution in [2.24, 2.45) is 0 Å². The van der Waals surface area contributed by atoms with Crippen LogP contribution in [0.25, 0.3) is 0 Å². The first-order valence-electron chi connectivity index (χ1n) is 15.3. The largest absolute Gasteiger partial charge is 0.484 e. The Labute approximate surface area is 246 Å². The molecular weight excluding hydrogens is 537 g/mol. The van der Waals surface area contributed by atoms with E-state index in [4.69, 9.17) is 4.74 Å². The molecule has 2 aromatic carbocycles. The molecule has 0 aromatic heterocycles. The first-order valence-corrected chi connectivity index (χ1v) is 15.3. The third-order valence-corrected chi connectivity index (χ3v) is 8.59. The van der Waals surface area contributed by atoms with Crippen molar-refractivity contribution in [3.8, 4) is 5.75 Å². The zero-order valence-corrected chi connectivity index (χ0v) is 24.8. The lowest BCUT2D eigenvalue weighted by Gasteiger charge is -2.35. The van der Waals surface area contributed by atoms with E-state index in [-0.39, 0.29) is 35.1 Å². The van der Waals surface area contributed by atoms with Crippen LogP contribution in [0.3, 0.4) is 0 Å². The number of anilines is 1. The van der Waals surface area contributed by atoms with E-state index >= 15 is 0 Å². The van der Waals surface area contributed by atoms with E-state index in [2.05, 4.69) is 16.4 Å². The number of hydrogen-bond acceptors (Lipinski definition) is 4. The summed E-state index contributed by atoms with van der Waals surface area (Å²) in [4.78, 5) is 42.6. The summed E-state index contributed by atoms with van der Waals surface area (Å²) < 4.78 is 20.8. The Balaban J connectivity index is 1.25. The summed E-state index contributed by atoms with van der Waals surface area (Å²) in [7, 11) is 0. The number of benzene rings is 2. The van der Waals surface area contributed by atoms with E-state index in [1.807, 2.05) is 18.2 Å². The molecule has 6 N–H and O–H groups in total. The highest BCUT2D eigenvalue weighted by Crippen LogP contribution is 2.38. The van der Waals surface area contributed by atoms with Crippen LogP contribution in [0.1, 0.15) is 84.6 Å². The normalized spacial score (nSPS) is 20.0. The van der Waals surface area contributed by atoms with Crippen LogP contribution in [0.2, 0.25) is 0 Å². The number of carbonyl (C=O) groups is 3. The van der Waals surface area contributed by atoms with Gasteiger partial charge in [0.1, 0.15) is 18.1 Å². The second-order valence-corrected chi connectivity index (χ2v) is 12.6. The molecule has 3 amide bonds. The summed E-state index contributed by atoms with van der Waals surface area (Å²) >= 11 is 0. The molecule has 5 rings (SSSR count). The molecule has 9 nitrogen and oxygen atoms in total. The summed E-state index contributed by atoms with van der Waals surface area (Å²) in [6, 6.07) is 9.72. The monoisotopic (exact) mass is 581 g/mol. The van der Waals surface area contributed by atoms with Gasteiger partial charge in [0, 0.05) is 49.4 Å². The molecule has 1 aliphatic carbocycles. The van der Waals surface area contributed by atoms with Crippen molar-refractivity contribution < 1.29 is 34.6 Å². The van der Waals surface area contributed by atoms with Crippen LogP contribution >= 0.6 is 0 Å². The van der Waals surface area contributed by atoms with Crippen LogP contribution in [0, 0.1) is 5.82 Å². The van der Waals surface area contributed by atoms with Gasteiger partial charge in [-0.3, -0.25) is 14.4 Å². The maximum Gasteiger partial charge on any atom is 0.285 e. The van der Waals surface area contributed by atoms with Crippen molar-refractivity contribution in [1.82, 2.24) is 9.80 Å². The lowest BCUT2D eigenvalue weighted by Crippen LogP contribution is -2.81. The van der Waals surface area contributed by atoms with Gasteiger partial charge in [0.05, 0.1) is 6.54 Å².